The van der Waals surface area contributed by atoms with Crippen molar-refractivity contribution in [1.29, 1.82) is 0 Å². The zero-order valence-electron chi connectivity index (χ0n) is 22.1. The number of nitrogens with one attached hydrogen (secondary N) is 1. The van der Waals surface area contributed by atoms with Crippen molar-refractivity contribution in [2.24, 2.45) is 0 Å². The number of amides is 2. The van der Waals surface area contributed by atoms with Crippen molar-refractivity contribution in [3.63, 3.8) is 0 Å². The average Bonchev–Trinajstić information content (AvgIpc) is 2.82. The molecule has 0 radical (unpaired) electrons. The van der Waals surface area contributed by atoms with E-state index in [9.17, 15) is 9.59 Å². The first kappa shape index (κ1) is 27.5. The molecule has 2 amide bonds. The Labute approximate surface area is 220 Å². The molecule has 0 aliphatic heterocycles. The molecule has 0 saturated heterocycles. The third kappa shape index (κ3) is 8.87. The number of carbonyl (C=O) groups is 2. The maximum atomic E-state index is 13.7. The highest BCUT2D eigenvalue weighted by Gasteiger charge is 2.32. The van der Waals surface area contributed by atoms with Crippen LogP contribution in [0.5, 0.6) is 0 Å². The van der Waals surface area contributed by atoms with E-state index in [-0.39, 0.29) is 11.8 Å². The SMILES string of the molecule is Cc1ccc(CN(C(=O)CSCc2cccc(C)c2)[C@H](Cc2ccccc2)C(=O)NC(C)(C)C)cc1. The van der Waals surface area contributed by atoms with Gasteiger partial charge in [-0.1, -0.05) is 90.0 Å². The predicted molar refractivity (Wildman–Crippen MR) is 151 cm³/mol. The normalized spacial score (nSPS) is 12.1. The lowest BCUT2D eigenvalue weighted by Gasteiger charge is -2.34. The second-order valence-electron chi connectivity index (χ2n) is 10.4. The van der Waals surface area contributed by atoms with Crippen LogP contribution in [-0.4, -0.2) is 34.0 Å². The molecule has 3 aromatic carbocycles. The molecular formula is C31H38N2O2S. The minimum atomic E-state index is -0.611. The molecule has 1 N–H and O–H groups in total. The van der Waals surface area contributed by atoms with E-state index in [4.69, 9.17) is 0 Å². The van der Waals surface area contributed by atoms with Crippen molar-refractivity contribution in [3.05, 3.63) is 107 Å². The van der Waals surface area contributed by atoms with Crippen LogP contribution < -0.4 is 5.32 Å². The first-order valence-electron chi connectivity index (χ1n) is 12.4. The lowest BCUT2D eigenvalue weighted by molar-refractivity contribution is -0.140. The van der Waals surface area contributed by atoms with Gasteiger partial charge in [0.1, 0.15) is 6.04 Å². The Morgan fingerprint density at radius 2 is 1.50 bits per heavy atom. The number of hydrogen-bond acceptors (Lipinski definition) is 3. The van der Waals surface area contributed by atoms with Gasteiger partial charge in [0.2, 0.25) is 11.8 Å². The van der Waals surface area contributed by atoms with E-state index in [1.54, 1.807) is 16.7 Å². The van der Waals surface area contributed by atoms with Crippen LogP contribution in [0.15, 0.2) is 78.9 Å². The molecule has 190 valence electrons. The Balaban J connectivity index is 1.86. The number of thioether (sulfide) groups is 1. The van der Waals surface area contributed by atoms with Gasteiger partial charge in [0.25, 0.3) is 0 Å². The molecule has 3 rings (SSSR count). The third-order valence-electron chi connectivity index (χ3n) is 5.82. The Morgan fingerprint density at radius 1 is 0.833 bits per heavy atom. The van der Waals surface area contributed by atoms with Crippen molar-refractivity contribution in [1.82, 2.24) is 10.2 Å². The Bertz CT molecular complexity index is 1140. The molecular weight excluding hydrogens is 464 g/mol. The second-order valence-corrected chi connectivity index (χ2v) is 11.4. The van der Waals surface area contributed by atoms with E-state index in [2.05, 4.69) is 30.4 Å². The van der Waals surface area contributed by atoms with E-state index in [0.29, 0.717) is 18.7 Å². The zero-order chi connectivity index (χ0) is 26.1. The van der Waals surface area contributed by atoms with Crippen LogP contribution in [0.1, 0.15) is 48.6 Å². The van der Waals surface area contributed by atoms with E-state index >= 15 is 0 Å². The lowest BCUT2D eigenvalue weighted by atomic mass is 10.0. The van der Waals surface area contributed by atoms with Gasteiger partial charge in [0.15, 0.2) is 0 Å². The minimum Gasteiger partial charge on any atom is -0.350 e. The number of rotatable bonds is 10. The number of hydrogen-bond donors (Lipinski definition) is 1. The van der Waals surface area contributed by atoms with E-state index < -0.39 is 11.6 Å². The van der Waals surface area contributed by atoms with Crippen molar-refractivity contribution in [2.75, 3.05) is 5.75 Å². The summed E-state index contributed by atoms with van der Waals surface area (Å²) in [5, 5.41) is 3.12. The van der Waals surface area contributed by atoms with Gasteiger partial charge in [0, 0.05) is 24.3 Å². The highest BCUT2D eigenvalue weighted by Crippen LogP contribution is 2.20. The van der Waals surface area contributed by atoms with Crippen molar-refractivity contribution in [2.45, 2.75) is 64.9 Å². The van der Waals surface area contributed by atoms with Gasteiger partial charge in [-0.05, 0) is 51.3 Å². The lowest BCUT2D eigenvalue weighted by Crippen LogP contribution is -2.54. The molecule has 3 aromatic rings. The summed E-state index contributed by atoms with van der Waals surface area (Å²) >= 11 is 1.59. The van der Waals surface area contributed by atoms with Gasteiger partial charge in [-0.2, -0.15) is 0 Å². The van der Waals surface area contributed by atoms with E-state index in [0.717, 1.165) is 22.4 Å². The molecule has 0 aromatic heterocycles. The summed E-state index contributed by atoms with van der Waals surface area (Å²) in [6.45, 7) is 10.4. The minimum absolute atomic E-state index is 0.0294. The predicted octanol–water partition coefficient (Wildman–Crippen LogP) is 6.09. The van der Waals surface area contributed by atoms with Gasteiger partial charge >= 0.3 is 0 Å². The summed E-state index contributed by atoms with van der Waals surface area (Å²) in [6.07, 6.45) is 0.461. The summed E-state index contributed by atoms with van der Waals surface area (Å²) in [7, 11) is 0. The van der Waals surface area contributed by atoms with Crippen LogP contribution in [-0.2, 0) is 28.3 Å². The smallest absolute Gasteiger partial charge is 0.243 e. The summed E-state index contributed by atoms with van der Waals surface area (Å²) in [5.74, 6) is 0.908. The van der Waals surface area contributed by atoms with Crippen LogP contribution in [0.4, 0.5) is 0 Å². The fourth-order valence-corrected chi connectivity index (χ4v) is 4.90. The first-order valence-corrected chi connectivity index (χ1v) is 13.6. The summed E-state index contributed by atoms with van der Waals surface area (Å²) in [5.41, 5.74) is 5.22. The Kier molecular flexibility index (Phi) is 9.77. The van der Waals surface area contributed by atoms with Gasteiger partial charge in [-0.3, -0.25) is 9.59 Å². The molecule has 0 spiro atoms. The maximum absolute atomic E-state index is 13.7. The topological polar surface area (TPSA) is 49.4 Å². The molecule has 5 heteroatoms. The van der Waals surface area contributed by atoms with E-state index in [1.807, 2.05) is 88.4 Å². The zero-order valence-corrected chi connectivity index (χ0v) is 22.9. The van der Waals surface area contributed by atoms with Crippen LogP contribution in [0.25, 0.3) is 0 Å². The standard InChI is InChI=1S/C31H38N2O2S/c1-23-14-16-26(17-15-23)20-33(29(34)22-36-21-27-13-9-10-24(2)18-27)28(30(35)32-31(3,4)5)19-25-11-7-6-8-12-25/h6-18,28H,19-22H2,1-5H3,(H,32,35)/t28-/m1/s1. The van der Waals surface area contributed by atoms with Crippen LogP contribution in [0, 0.1) is 13.8 Å². The number of aryl methyl sites for hydroxylation is 2. The second kappa shape index (κ2) is 12.8. The Morgan fingerprint density at radius 3 is 2.14 bits per heavy atom. The highest BCUT2D eigenvalue weighted by molar-refractivity contribution is 7.99. The van der Waals surface area contributed by atoms with Crippen LogP contribution >= 0.6 is 11.8 Å². The average molecular weight is 503 g/mol. The number of nitrogens with zero attached hydrogens (tertiary/aromatic N) is 1. The fourth-order valence-electron chi connectivity index (χ4n) is 4.04. The van der Waals surface area contributed by atoms with Crippen LogP contribution in [0.2, 0.25) is 0 Å². The monoisotopic (exact) mass is 502 g/mol. The molecule has 0 unspecified atom stereocenters. The molecule has 4 nitrogen and oxygen atoms in total. The molecule has 0 saturated carbocycles. The maximum Gasteiger partial charge on any atom is 0.243 e. The molecule has 1 atom stereocenters. The Hall–Kier alpha value is -3.05. The van der Waals surface area contributed by atoms with Gasteiger partial charge in [-0.25, -0.2) is 0 Å². The molecule has 0 aliphatic rings. The summed E-state index contributed by atoms with van der Waals surface area (Å²) in [6, 6.07) is 25.8. The van der Waals surface area contributed by atoms with Gasteiger partial charge < -0.3 is 10.2 Å². The number of carbonyl (C=O) groups excluding carboxylic acids is 2. The highest BCUT2D eigenvalue weighted by atomic mass is 32.2. The third-order valence-corrected chi connectivity index (χ3v) is 6.81. The van der Waals surface area contributed by atoms with E-state index in [1.165, 1.54) is 11.1 Å². The van der Waals surface area contributed by atoms with Gasteiger partial charge in [0.05, 0.1) is 5.75 Å². The molecule has 0 fully saturated rings. The summed E-state index contributed by atoms with van der Waals surface area (Å²) < 4.78 is 0. The quantitative estimate of drug-likeness (QED) is 0.365. The van der Waals surface area contributed by atoms with Crippen molar-refractivity contribution < 1.29 is 9.59 Å². The largest absolute Gasteiger partial charge is 0.350 e. The molecule has 36 heavy (non-hydrogen) atoms. The fraction of sp³-hybridized carbons (Fsp3) is 0.355. The van der Waals surface area contributed by atoms with Gasteiger partial charge in [-0.15, -0.1) is 11.8 Å². The van der Waals surface area contributed by atoms with Crippen molar-refractivity contribution >= 4 is 23.6 Å². The number of benzene rings is 3. The molecule has 0 heterocycles. The summed E-state index contributed by atoms with van der Waals surface area (Å²) in [4.78, 5) is 29.0. The molecule has 0 aliphatic carbocycles. The van der Waals surface area contributed by atoms with Crippen LogP contribution in [0.3, 0.4) is 0 Å². The molecule has 0 bridgehead atoms. The van der Waals surface area contributed by atoms with Crippen molar-refractivity contribution in [3.8, 4) is 0 Å². The first-order chi connectivity index (χ1) is 17.1.